The first-order chi connectivity index (χ1) is 20.6. The highest BCUT2D eigenvalue weighted by atomic mass is 32.1. The number of carbonyl (C=O) groups is 2. The van der Waals surface area contributed by atoms with Gasteiger partial charge in [-0.2, -0.15) is 0 Å². The number of carbonyl (C=O) groups excluding carboxylic acids is 2. The predicted molar refractivity (Wildman–Crippen MR) is 166 cm³/mol. The highest BCUT2D eigenvalue weighted by Crippen LogP contribution is 2.32. The molecule has 8 nitrogen and oxygen atoms in total. The van der Waals surface area contributed by atoms with Crippen molar-refractivity contribution in [3.63, 3.8) is 0 Å². The van der Waals surface area contributed by atoms with Crippen LogP contribution in [0.2, 0.25) is 0 Å². The fourth-order valence-corrected chi connectivity index (χ4v) is 6.05. The first kappa shape index (κ1) is 30.0. The fraction of sp³-hybridized carbons (Fsp3) is 0.294. The zero-order valence-corrected chi connectivity index (χ0v) is 25.9. The van der Waals surface area contributed by atoms with E-state index in [4.69, 9.17) is 13.9 Å². The summed E-state index contributed by atoms with van der Waals surface area (Å²) in [5, 5.41) is 0. The van der Waals surface area contributed by atoms with Gasteiger partial charge in [-0.05, 0) is 62.9 Å². The summed E-state index contributed by atoms with van der Waals surface area (Å²) in [7, 11) is 0. The molecule has 9 heteroatoms. The molecule has 4 aromatic rings. The molecular weight excluding hydrogens is 564 g/mol. The van der Waals surface area contributed by atoms with Crippen molar-refractivity contribution >= 4 is 29.4 Å². The maximum Gasteiger partial charge on any atom is 0.339 e. The molecule has 0 spiro atoms. The van der Waals surface area contributed by atoms with E-state index in [1.54, 1.807) is 68.7 Å². The number of hydrogen-bond acceptors (Lipinski definition) is 8. The Hall–Kier alpha value is -4.50. The van der Waals surface area contributed by atoms with Gasteiger partial charge in [-0.15, -0.1) is 0 Å². The Morgan fingerprint density at radius 3 is 2.42 bits per heavy atom. The van der Waals surface area contributed by atoms with Gasteiger partial charge in [-0.25, -0.2) is 14.6 Å². The van der Waals surface area contributed by atoms with Crippen molar-refractivity contribution in [3.05, 3.63) is 114 Å². The predicted octanol–water partition coefficient (Wildman–Crippen LogP) is 5.75. The van der Waals surface area contributed by atoms with Crippen LogP contribution >= 0.6 is 11.3 Å². The van der Waals surface area contributed by atoms with Gasteiger partial charge < -0.3 is 13.9 Å². The van der Waals surface area contributed by atoms with E-state index in [9.17, 15) is 14.4 Å². The summed E-state index contributed by atoms with van der Waals surface area (Å²) in [6, 6.07) is 17.8. The van der Waals surface area contributed by atoms with E-state index in [0.29, 0.717) is 49.2 Å². The fourth-order valence-electron chi connectivity index (χ4n) is 5.03. The van der Waals surface area contributed by atoms with Crippen LogP contribution in [0.25, 0.3) is 17.4 Å². The molecule has 1 atom stereocenters. The summed E-state index contributed by atoms with van der Waals surface area (Å²) in [5.74, 6) is 0.307. The average molecular weight is 599 g/mol. The molecule has 5 rings (SSSR count). The lowest BCUT2D eigenvalue weighted by atomic mass is 9.93. The Balaban J connectivity index is 1.59. The van der Waals surface area contributed by atoms with E-state index in [1.807, 2.05) is 30.3 Å². The molecule has 222 valence electrons. The Morgan fingerprint density at radius 2 is 1.74 bits per heavy atom. The molecular formula is C34H34N2O6S. The monoisotopic (exact) mass is 598 g/mol. The van der Waals surface area contributed by atoms with Crippen LogP contribution in [0.1, 0.15) is 80.7 Å². The van der Waals surface area contributed by atoms with Gasteiger partial charge in [-0.3, -0.25) is 9.36 Å². The summed E-state index contributed by atoms with van der Waals surface area (Å²) in [4.78, 5) is 44.9. The zero-order chi connectivity index (χ0) is 30.8. The lowest BCUT2D eigenvalue weighted by Crippen LogP contribution is -2.39. The van der Waals surface area contributed by atoms with Gasteiger partial charge in [0.2, 0.25) is 0 Å². The van der Waals surface area contributed by atoms with Crippen molar-refractivity contribution in [1.82, 2.24) is 4.57 Å². The quantitative estimate of drug-likeness (QED) is 0.240. The van der Waals surface area contributed by atoms with E-state index < -0.39 is 18.0 Å². The lowest BCUT2D eigenvalue weighted by molar-refractivity contribution is -0.139. The number of furan rings is 1. The van der Waals surface area contributed by atoms with E-state index in [0.717, 1.165) is 11.1 Å². The summed E-state index contributed by atoms with van der Waals surface area (Å²) in [6.07, 6.45) is 1.40. The molecule has 0 aliphatic carbocycles. The number of allylic oxidation sites excluding steroid dienone is 1. The summed E-state index contributed by atoms with van der Waals surface area (Å²) in [5.41, 5.74) is 3.48. The molecule has 1 aliphatic rings. The number of thiazole rings is 1. The van der Waals surface area contributed by atoms with E-state index in [1.165, 1.54) is 11.3 Å². The maximum absolute atomic E-state index is 13.9. The molecule has 0 N–H and O–H groups in total. The van der Waals surface area contributed by atoms with Crippen molar-refractivity contribution in [3.8, 4) is 11.3 Å². The number of hydrogen-bond donors (Lipinski definition) is 0. The van der Waals surface area contributed by atoms with E-state index >= 15 is 0 Å². The number of ether oxygens (including phenoxy) is 2. The number of rotatable bonds is 8. The second kappa shape index (κ2) is 12.4. The summed E-state index contributed by atoms with van der Waals surface area (Å²) in [6.45, 7) is 11.5. The molecule has 0 fully saturated rings. The highest BCUT2D eigenvalue weighted by molar-refractivity contribution is 7.07. The Morgan fingerprint density at radius 1 is 1.02 bits per heavy atom. The maximum atomic E-state index is 13.9. The van der Waals surface area contributed by atoms with Crippen LogP contribution in [-0.4, -0.2) is 29.2 Å². The standard InChI is InChI=1S/C34H34N2O6S/c1-7-40-33(39)29-21(6)35-34-36(30(29)23-14-12-22(13-15-23)19(2)3)31(37)28(43-34)18-24-16-17-27(42-24)25-10-8-9-11-26(25)32(38)41-20(4)5/h8-20,30H,7H2,1-6H3. The van der Waals surface area contributed by atoms with Gasteiger partial charge in [0.05, 0.1) is 40.1 Å². The van der Waals surface area contributed by atoms with Crippen molar-refractivity contribution in [2.24, 2.45) is 4.99 Å². The smallest absolute Gasteiger partial charge is 0.339 e. The number of esters is 2. The molecule has 2 aromatic carbocycles. The van der Waals surface area contributed by atoms with Crippen molar-refractivity contribution < 1.29 is 23.5 Å². The van der Waals surface area contributed by atoms with Crippen LogP contribution < -0.4 is 14.9 Å². The minimum absolute atomic E-state index is 0.207. The van der Waals surface area contributed by atoms with Crippen molar-refractivity contribution in [1.29, 1.82) is 0 Å². The lowest BCUT2D eigenvalue weighted by Gasteiger charge is -2.25. The molecule has 43 heavy (non-hydrogen) atoms. The van der Waals surface area contributed by atoms with Gasteiger partial charge in [0, 0.05) is 11.6 Å². The topological polar surface area (TPSA) is 100 Å². The van der Waals surface area contributed by atoms with Crippen LogP contribution in [0, 0.1) is 0 Å². The second-order valence-electron chi connectivity index (χ2n) is 10.8. The van der Waals surface area contributed by atoms with Crippen LogP contribution in [0.3, 0.4) is 0 Å². The number of benzene rings is 2. The third kappa shape index (κ3) is 6.03. The molecule has 0 saturated heterocycles. The number of aromatic nitrogens is 1. The Bertz CT molecular complexity index is 1890. The van der Waals surface area contributed by atoms with Gasteiger partial charge >= 0.3 is 11.9 Å². The number of fused-ring (bicyclic) bond motifs is 1. The minimum Gasteiger partial charge on any atom is -0.463 e. The van der Waals surface area contributed by atoms with Crippen LogP contribution in [0.5, 0.6) is 0 Å². The van der Waals surface area contributed by atoms with Crippen molar-refractivity contribution in [2.45, 2.75) is 59.6 Å². The molecule has 0 bridgehead atoms. The largest absolute Gasteiger partial charge is 0.463 e. The summed E-state index contributed by atoms with van der Waals surface area (Å²) < 4.78 is 18.8. The van der Waals surface area contributed by atoms with Gasteiger partial charge in [0.15, 0.2) is 4.80 Å². The normalized spacial score (nSPS) is 15.1. The molecule has 0 amide bonds. The molecule has 1 aliphatic heterocycles. The van der Waals surface area contributed by atoms with Crippen LogP contribution in [0.4, 0.5) is 0 Å². The second-order valence-corrected chi connectivity index (χ2v) is 11.8. The molecule has 2 aromatic heterocycles. The van der Waals surface area contributed by atoms with Gasteiger partial charge in [0.25, 0.3) is 5.56 Å². The van der Waals surface area contributed by atoms with Crippen LogP contribution in [0.15, 0.2) is 86.1 Å². The third-order valence-electron chi connectivity index (χ3n) is 7.09. The third-order valence-corrected chi connectivity index (χ3v) is 8.07. The van der Waals surface area contributed by atoms with E-state index in [-0.39, 0.29) is 18.3 Å². The first-order valence-electron chi connectivity index (χ1n) is 14.3. The Kier molecular flexibility index (Phi) is 8.64. The SMILES string of the molecule is CCOC(=O)C1=C(C)N=c2sc(=Cc3ccc(-c4ccccc4C(=O)OC(C)C)o3)c(=O)n2C1c1ccc(C(C)C)cc1. The minimum atomic E-state index is -0.690. The molecule has 1 unspecified atom stereocenters. The Labute approximate surface area is 253 Å². The van der Waals surface area contributed by atoms with E-state index in [2.05, 4.69) is 18.8 Å². The first-order valence-corrected chi connectivity index (χ1v) is 15.1. The zero-order valence-electron chi connectivity index (χ0n) is 25.0. The average Bonchev–Trinajstić information content (AvgIpc) is 3.56. The van der Waals surface area contributed by atoms with Crippen molar-refractivity contribution in [2.75, 3.05) is 6.61 Å². The highest BCUT2D eigenvalue weighted by Gasteiger charge is 2.33. The molecule has 3 heterocycles. The molecule has 0 saturated carbocycles. The van der Waals surface area contributed by atoms with Crippen LogP contribution in [-0.2, 0) is 14.3 Å². The summed E-state index contributed by atoms with van der Waals surface area (Å²) >= 11 is 1.22. The number of nitrogens with zero attached hydrogens (tertiary/aromatic N) is 2. The van der Waals surface area contributed by atoms with Gasteiger partial charge in [0.1, 0.15) is 11.5 Å². The van der Waals surface area contributed by atoms with Gasteiger partial charge in [-0.1, -0.05) is 67.6 Å². The molecule has 0 radical (unpaired) electrons.